The third-order valence-corrected chi connectivity index (χ3v) is 5.57. The molecule has 1 aromatic carbocycles. The van der Waals surface area contributed by atoms with Crippen molar-refractivity contribution in [2.75, 3.05) is 18.0 Å². The van der Waals surface area contributed by atoms with Gasteiger partial charge in [0.15, 0.2) is 0 Å². The number of benzene rings is 1. The first kappa shape index (κ1) is 18.5. The van der Waals surface area contributed by atoms with Crippen LogP contribution in [-0.4, -0.2) is 39.4 Å². The van der Waals surface area contributed by atoms with Crippen LogP contribution in [-0.2, 0) is 9.59 Å². The Balaban J connectivity index is 2.18. The molecule has 4 nitrogen and oxygen atoms in total. The molecule has 1 fully saturated rings. The average Bonchev–Trinajstić information content (AvgIpc) is 2.73. The van der Waals surface area contributed by atoms with Crippen molar-refractivity contribution in [3.05, 3.63) is 28.2 Å². The normalized spacial score (nSPS) is 17.7. The minimum atomic E-state index is -0.506. The number of hydrogen-bond acceptors (Lipinski definition) is 4. The maximum atomic E-state index is 12.6. The van der Waals surface area contributed by atoms with Crippen LogP contribution in [0.5, 0.6) is 0 Å². The molecular weight excluding hydrogens is 375 g/mol. The van der Waals surface area contributed by atoms with E-state index in [4.69, 9.17) is 35.4 Å². The van der Waals surface area contributed by atoms with Gasteiger partial charge in [-0.3, -0.25) is 9.59 Å². The number of hydrogen-bond donors (Lipinski definition) is 0. The number of amides is 2. The molecule has 0 radical (unpaired) electrons. The first-order chi connectivity index (χ1) is 10.9. The van der Waals surface area contributed by atoms with Crippen LogP contribution in [0.4, 0.5) is 5.69 Å². The van der Waals surface area contributed by atoms with Crippen LogP contribution in [0.25, 0.3) is 0 Å². The summed E-state index contributed by atoms with van der Waals surface area (Å²) in [4.78, 5) is 28.0. The van der Waals surface area contributed by atoms with Crippen LogP contribution in [0.1, 0.15) is 20.3 Å². The molecule has 1 aliphatic heterocycles. The van der Waals surface area contributed by atoms with E-state index in [0.29, 0.717) is 20.1 Å². The quantitative estimate of drug-likeness (QED) is 0.574. The second-order valence-corrected chi connectivity index (χ2v) is 7.65. The summed E-state index contributed by atoms with van der Waals surface area (Å²) in [5.41, 5.74) is 0.398. The van der Waals surface area contributed by atoms with Gasteiger partial charge in [-0.15, -0.1) is 0 Å². The zero-order valence-electron chi connectivity index (χ0n) is 12.7. The van der Waals surface area contributed by atoms with Gasteiger partial charge in [-0.2, -0.15) is 0 Å². The van der Waals surface area contributed by atoms with E-state index in [0.717, 1.165) is 18.0 Å². The minimum absolute atomic E-state index is 0.120. The van der Waals surface area contributed by atoms with Crippen LogP contribution in [0.15, 0.2) is 18.2 Å². The van der Waals surface area contributed by atoms with Gasteiger partial charge in [0.1, 0.15) is 9.57 Å². The van der Waals surface area contributed by atoms with Crippen LogP contribution in [0.2, 0.25) is 10.0 Å². The Morgan fingerprint density at radius 1 is 1.26 bits per heavy atom. The number of carbonyl (C=O) groups is 2. The summed E-state index contributed by atoms with van der Waals surface area (Å²) < 4.78 is 0.632. The maximum absolute atomic E-state index is 12.6. The molecule has 0 saturated carbocycles. The Morgan fingerprint density at radius 3 is 2.35 bits per heavy atom. The molecule has 1 heterocycles. The predicted molar refractivity (Wildman–Crippen MR) is 100 cm³/mol. The van der Waals surface area contributed by atoms with Crippen molar-refractivity contribution in [1.29, 1.82) is 0 Å². The summed E-state index contributed by atoms with van der Waals surface area (Å²) in [6.45, 7) is 5.53. The second-order valence-electron chi connectivity index (χ2n) is 4.94. The summed E-state index contributed by atoms with van der Waals surface area (Å²) in [6, 6.07) is 4.66. The highest BCUT2D eigenvalue weighted by Gasteiger charge is 2.41. The van der Waals surface area contributed by atoms with E-state index in [1.165, 1.54) is 11.8 Å². The second kappa shape index (κ2) is 7.83. The van der Waals surface area contributed by atoms with E-state index in [1.54, 1.807) is 18.2 Å². The zero-order valence-corrected chi connectivity index (χ0v) is 15.9. The standard InChI is InChI=1S/C15H16Cl2N2O2S2/c1-3-18(4-2)15(22)23-12-8-13(20)19(14(12)21)11-6-9(16)5-10(17)7-11/h5-7,12H,3-4,8H2,1-2H3/t12-/m1/s1. The molecule has 0 bridgehead atoms. The minimum Gasteiger partial charge on any atom is -0.358 e. The van der Waals surface area contributed by atoms with Crippen LogP contribution < -0.4 is 4.90 Å². The lowest BCUT2D eigenvalue weighted by atomic mass is 10.3. The van der Waals surface area contributed by atoms with E-state index in [-0.39, 0.29) is 18.2 Å². The van der Waals surface area contributed by atoms with E-state index < -0.39 is 5.25 Å². The lowest BCUT2D eigenvalue weighted by molar-refractivity contribution is -0.121. The third-order valence-electron chi connectivity index (χ3n) is 3.48. The Bertz CT molecular complexity index is 630. The molecule has 0 N–H and O–H groups in total. The summed E-state index contributed by atoms with van der Waals surface area (Å²) in [6.07, 6.45) is 0.120. The van der Waals surface area contributed by atoms with E-state index in [2.05, 4.69) is 0 Å². The Morgan fingerprint density at radius 2 is 1.83 bits per heavy atom. The first-order valence-electron chi connectivity index (χ1n) is 7.15. The van der Waals surface area contributed by atoms with Gasteiger partial charge in [-0.05, 0) is 32.0 Å². The summed E-state index contributed by atoms with van der Waals surface area (Å²) >= 11 is 18.5. The van der Waals surface area contributed by atoms with Gasteiger partial charge in [0.25, 0.3) is 0 Å². The van der Waals surface area contributed by atoms with E-state index in [1.807, 2.05) is 18.7 Å². The first-order valence-corrected chi connectivity index (χ1v) is 9.20. The number of anilines is 1. The van der Waals surface area contributed by atoms with Crippen molar-refractivity contribution in [1.82, 2.24) is 4.90 Å². The highest BCUT2D eigenvalue weighted by Crippen LogP contribution is 2.33. The van der Waals surface area contributed by atoms with Crippen molar-refractivity contribution in [2.24, 2.45) is 0 Å². The lowest BCUT2D eigenvalue weighted by Gasteiger charge is -2.22. The van der Waals surface area contributed by atoms with Crippen LogP contribution in [0.3, 0.4) is 0 Å². The zero-order chi connectivity index (χ0) is 17.1. The fraction of sp³-hybridized carbons (Fsp3) is 0.400. The topological polar surface area (TPSA) is 40.6 Å². The van der Waals surface area contributed by atoms with Crippen molar-refractivity contribution in [2.45, 2.75) is 25.5 Å². The molecule has 0 aromatic heterocycles. The number of nitrogens with zero attached hydrogens (tertiary/aromatic N) is 2. The molecule has 1 aromatic rings. The van der Waals surface area contributed by atoms with Gasteiger partial charge in [-0.1, -0.05) is 47.2 Å². The molecule has 2 rings (SSSR count). The number of rotatable bonds is 4. The fourth-order valence-corrected chi connectivity index (χ4v) is 4.52. The van der Waals surface area contributed by atoms with Crippen molar-refractivity contribution >= 4 is 69.0 Å². The number of thioether (sulfide) groups is 1. The third kappa shape index (κ3) is 4.18. The number of thiocarbonyl (C=S) groups is 1. The van der Waals surface area contributed by atoms with Gasteiger partial charge >= 0.3 is 0 Å². The highest BCUT2D eigenvalue weighted by atomic mass is 35.5. The summed E-state index contributed by atoms with van der Waals surface area (Å²) in [5.74, 6) is -0.555. The molecular formula is C15H16Cl2N2O2S2. The maximum Gasteiger partial charge on any atom is 0.247 e. The number of imide groups is 1. The summed E-state index contributed by atoms with van der Waals surface area (Å²) in [5, 5.41) is 0.249. The van der Waals surface area contributed by atoms with Gasteiger partial charge in [0, 0.05) is 29.6 Å². The van der Waals surface area contributed by atoms with E-state index >= 15 is 0 Å². The predicted octanol–water partition coefficient (Wildman–Crippen LogP) is 3.99. The Hall–Kier alpha value is -0.820. The highest BCUT2D eigenvalue weighted by molar-refractivity contribution is 8.23. The molecule has 0 unspecified atom stereocenters. The van der Waals surface area contributed by atoms with Crippen molar-refractivity contribution in [3.63, 3.8) is 0 Å². The Labute approximate surface area is 155 Å². The summed E-state index contributed by atoms with van der Waals surface area (Å²) in [7, 11) is 0. The van der Waals surface area contributed by atoms with Crippen LogP contribution in [0, 0.1) is 0 Å². The largest absolute Gasteiger partial charge is 0.358 e. The van der Waals surface area contributed by atoms with Crippen LogP contribution >= 0.6 is 47.2 Å². The number of halogens is 2. The Kier molecular flexibility index (Phi) is 6.31. The van der Waals surface area contributed by atoms with Gasteiger partial charge < -0.3 is 4.90 Å². The smallest absolute Gasteiger partial charge is 0.247 e. The van der Waals surface area contributed by atoms with Crippen molar-refractivity contribution in [3.8, 4) is 0 Å². The molecule has 0 spiro atoms. The molecule has 2 amide bonds. The van der Waals surface area contributed by atoms with Gasteiger partial charge in [-0.25, -0.2) is 4.90 Å². The number of carbonyl (C=O) groups excluding carboxylic acids is 2. The average molecular weight is 391 g/mol. The molecule has 124 valence electrons. The molecule has 8 heteroatoms. The molecule has 23 heavy (non-hydrogen) atoms. The monoisotopic (exact) mass is 390 g/mol. The van der Waals surface area contributed by atoms with Crippen molar-refractivity contribution < 1.29 is 9.59 Å². The lowest BCUT2D eigenvalue weighted by Crippen LogP contribution is -2.33. The van der Waals surface area contributed by atoms with Gasteiger partial charge in [0.2, 0.25) is 11.8 Å². The molecule has 1 atom stereocenters. The van der Waals surface area contributed by atoms with Gasteiger partial charge in [0.05, 0.1) is 5.69 Å². The fourth-order valence-electron chi connectivity index (χ4n) is 2.31. The molecule has 1 aliphatic rings. The molecule has 1 saturated heterocycles. The van der Waals surface area contributed by atoms with E-state index in [9.17, 15) is 9.59 Å². The molecule has 0 aliphatic carbocycles. The SMILES string of the molecule is CCN(CC)C(=S)S[C@@H]1CC(=O)N(c2cc(Cl)cc(Cl)c2)C1=O.